The van der Waals surface area contributed by atoms with Crippen LogP contribution in [-0.2, 0) is 12.0 Å². The normalized spacial score (nSPS) is 29.1. The summed E-state index contributed by atoms with van der Waals surface area (Å²) in [7, 11) is 0. The van der Waals surface area contributed by atoms with Gasteiger partial charge in [-0.25, -0.2) is 8.78 Å². The molecule has 14 heavy (non-hydrogen) atoms. The molecule has 5 heteroatoms. The van der Waals surface area contributed by atoms with E-state index in [1.165, 1.54) is 0 Å². The summed E-state index contributed by atoms with van der Waals surface area (Å²) < 4.78 is 28.0. The molecule has 3 nitrogen and oxygen atoms in total. The Morgan fingerprint density at radius 1 is 1.64 bits per heavy atom. The van der Waals surface area contributed by atoms with E-state index < -0.39 is 11.3 Å². The molecule has 1 fully saturated rings. The second-order valence-electron chi connectivity index (χ2n) is 3.70. The molecule has 1 atom stereocenters. The Balaban J connectivity index is 2.40. The van der Waals surface area contributed by atoms with Crippen LogP contribution in [0.5, 0.6) is 0 Å². The van der Waals surface area contributed by atoms with Crippen molar-refractivity contribution < 1.29 is 8.78 Å². The largest absolute Gasteiger partial charge is 0.329 e. The van der Waals surface area contributed by atoms with Gasteiger partial charge in [-0.15, -0.1) is 0 Å². The number of halogens is 2. The molecule has 1 unspecified atom stereocenters. The molecule has 78 valence electrons. The number of nitrogens with zero attached hydrogens (tertiary/aromatic N) is 2. The molecular weight excluding hydrogens is 188 g/mol. The molecular formula is C9H13F2N3. The average molecular weight is 201 g/mol. The van der Waals surface area contributed by atoms with Crippen LogP contribution in [0.15, 0.2) is 12.3 Å². The van der Waals surface area contributed by atoms with E-state index in [4.69, 9.17) is 5.73 Å². The van der Waals surface area contributed by atoms with E-state index >= 15 is 0 Å². The van der Waals surface area contributed by atoms with E-state index in [9.17, 15) is 8.78 Å². The minimum Gasteiger partial charge on any atom is -0.329 e. The number of alkyl halides is 2. The van der Waals surface area contributed by atoms with Crippen molar-refractivity contribution in [1.82, 2.24) is 9.78 Å². The van der Waals surface area contributed by atoms with E-state index in [0.717, 1.165) is 0 Å². The molecule has 1 saturated carbocycles. The van der Waals surface area contributed by atoms with Crippen molar-refractivity contribution in [2.24, 2.45) is 5.73 Å². The summed E-state index contributed by atoms with van der Waals surface area (Å²) in [5.41, 5.74) is 4.85. The third-order valence-corrected chi connectivity index (χ3v) is 2.95. The molecule has 0 aliphatic heterocycles. The van der Waals surface area contributed by atoms with E-state index in [0.29, 0.717) is 12.2 Å². The first-order chi connectivity index (χ1) is 6.57. The predicted molar refractivity (Wildman–Crippen MR) is 48.2 cm³/mol. The maximum absolute atomic E-state index is 13.2. The highest BCUT2D eigenvalue weighted by molar-refractivity contribution is 5.33. The van der Waals surface area contributed by atoms with Crippen molar-refractivity contribution in [3.8, 4) is 0 Å². The van der Waals surface area contributed by atoms with Gasteiger partial charge in [0.15, 0.2) is 0 Å². The Bertz CT molecular complexity index is 348. The van der Waals surface area contributed by atoms with Gasteiger partial charge in [0.25, 0.3) is 5.92 Å². The van der Waals surface area contributed by atoms with E-state index in [1.807, 2.05) is 6.92 Å². The van der Waals surface area contributed by atoms with E-state index in [2.05, 4.69) is 5.10 Å². The molecule has 0 radical (unpaired) electrons. The molecule has 0 spiro atoms. The Labute approximate surface area is 80.9 Å². The zero-order valence-corrected chi connectivity index (χ0v) is 8.00. The zero-order valence-electron chi connectivity index (χ0n) is 8.00. The summed E-state index contributed by atoms with van der Waals surface area (Å²) in [5, 5.41) is 3.98. The number of hydrogen-bond donors (Lipinski definition) is 1. The lowest BCUT2D eigenvalue weighted by Crippen LogP contribution is -2.29. The number of aryl methyl sites for hydroxylation is 1. The quantitative estimate of drug-likeness (QED) is 0.796. The molecule has 0 bridgehead atoms. The van der Waals surface area contributed by atoms with Gasteiger partial charge in [0.2, 0.25) is 0 Å². The van der Waals surface area contributed by atoms with E-state index in [-0.39, 0.29) is 13.0 Å². The molecule has 1 aromatic rings. The van der Waals surface area contributed by atoms with Crippen LogP contribution in [0.2, 0.25) is 0 Å². The SMILES string of the molecule is CCn1nccc1C1(CN)CC1(F)F. The first-order valence-corrected chi connectivity index (χ1v) is 4.67. The van der Waals surface area contributed by atoms with Crippen LogP contribution in [0.4, 0.5) is 8.78 Å². The highest BCUT2D eigenvalue weighted by Gasteiger charge is 2.72. The molecule has 1 aliphatic rings. The molecule has 0 aromatic carbocycles. The van der Waals surface area contributed by atoms with Gasteiger partial charge in [0.1, 0.15) is 0 Å². The van der Waals surface area contributed by atoms with Gasteiger partial charge < -0.3 is 5.73 Å². The minimum atomic E-state index is -2.66. The molecule has 0 saturated heterocycles. The van der Waals surface area contributed by atoms with Crippen LogP contribution in [0.25, 0.3) is 0 Å². The van der Waals surface area contributed by atoms with Crippen molar-refractivity contribution in [2.45, 2.75) is 31.2 Å². The summed E-state index contributed by atoms with van der Waals surface area (Å²) in [6, 6.07) is 1.64. The van der Waals surface area contributed by atoms with Crippen LogP contribution >= 0.6 is 0 Å². The van der Waals surface area contributed by atoms with Gasteiger partial charge in [-0.2, -0.15) is 5.10 Å². The summed E-state index contributed by atoms with van der Waals surface area (Å²) in [6.45, 7) is 2.45. The fourth-order valence-electron chi connectivity index (χ4n) is 1.93. The molecule has 1 heterocycles. The third kappa shape index (κ3) is 1.02. The lowest BCUT2D eigenvalue weighted by molar-refractivity contribution is 0.0874. The number of hydrogen-bond acceptors (Lipinski definition) is 2. The summed E-state index contributed by atoms with van der Waals surface area (Å²) in [5.74, 6) is -2.66. The average Bonchev–Trinajstić information content (AvgIpc) is 2.56. The Hall–Kier alpha value is -0.970. The van der Waals surface area contributed by atoms with Crippen LogP contribution in [0, 0.1) is 0 Å². The molecule has 1 aromatic heterocycles. The highest BCUT2D eigenvalue weighted by Crippen LogP contribution is 2.60. The van der Waals surface area contributed by atoms with Crippen LogP contribution in [0.1, 0.15) is 19.0 Å². The van der Waals surface area contributed by atoms with E-state index in [1.54, 1.807) is 16.9 Å². The minimum absolute atomic E-state index is 0.0221. The third-order valence-electron chi connectivity index (χ3n) is 2.95. The Morgan fingerprint density at radius 2 is 2.29 bits per heavy atom. The lowest BCUT2D eigenvalue weighted by atomic mass is 10.0. The zero-order chi connectivity index (χ0) is 10.4. The summed E-state index contributed by atoms with van der Waals surface area (Å²) in [4.78, 5) is 0. The number of aromatic nitrogens is 2. The van der Waals surface area contributed by atoms with Crippen LogP contribution in [0.3, 0.4) is 0 Å². The summed E-state index contributed by atoms with van der Waals surface area (Å²) in [6.07, 6.45) is 1.40. The van der Waals surface area contributed by atoms with Gasteiger partial charge in [-0.3, -0.25) is 4.68 Å². The van der Waals surface area contributed by atoms with Gasteiger partial charge in [-0.05, 0) is 13.0 Å². The lowest BCUT2D eigenvalue weighted by Gasteiger charge is -2.15. The van der Waals surface area contributed by atoms with Gasteiger partial charge >= 0.3 is 0 Å². The Kier molecular flexibility index (Phi) is 1.89. The first kappa shape index (κ1) is 9.58. The number of rotatable bonds is 3. The van der Waals surface area contributed by atoms with Crippen LogP contribution < -0.4 is 5.73 Å². The maximum atomic E-state index is 13.2. The summed E-state index contributed by atoms with van der Waals surface area (Å²) >= 11 is 0. The highest BCUT2D eigenvalue weighted by atomic mass is 19.3. The van der Waals surface area contributed by atoms with Crippen molar-refractivity contribution >= 4 is 0 Å². The Morgan fingerprint density at radius 3 is 2.71 bits per heavy atom. The fraction of sp³-hybridized carbons (Fsp3) is 0.667. The number of nitrogens with two attached hydrogens (primary N) is 1. The second-order valence-corrected chi connectivity index (χ2v) is 3.70. The topological polar surface area (TPSA) is 43.8 Å². The smallest absolute Gasteiger partial charge is 0.261 e. The van der Waals surface area contributed by atoms with Crippen molar-refractivity contribution in [3.63, 3.8) is 0 Å². The monoisotopic (exact) mass is 201 g/mol. The molecule has 2 rings (SSSR count). The molecule has 0 amide bonds. The fourth-order valence-corrected chi connectivity index (χ4v) is 1.93. The van der Waals surface area contributed by atoms with Crippen molar-refractivity contribution in [3.05, 3.63) is 18.0 Å². The molecule has 1 aliphatic carbocycles. The van der Waals surface area contributed by atoms with Gasteiger partial charge in [0, 0.05) is 25.7 Å². The molecule has 2 N–H and O–H groups in total. The van der Waals surface area contributed by atoms with Crippen molar-refractivity contribution in [1.29, 1.82) is 0 Å². The second kappa shape index (κ2) is 2.76. The maximum Gasteiger partial charge on any atom is 0.261 e. The van der Waals surface area contributed by atoms with Gasteiger partial charge in [-0.1, -0.05) is 0 Å². The standard InChI is InChI=1S/C9H13F2N3/c1-2-14-7(3-4-13-14)8(6-12)5-9(8,10)11/h3-4H,2,5-6,12H2,1H3. The predicted octanol–water partition coefficient (Wildman–Crippen LogP) is 1.14. The first-order valence-electron chi connectivity index (χ1n) is 4.67. The van der Waals surface area contributed by atoms with Crippen molar-refractivity contribution in [2.75, 3.05) is 6.54 Å². The van der Waals surface area contributed by atoms with Gasteiger partial charge in [0.05, 0.1) is 11.1 Å². The van der Waals surface area contributed by atoms with Crippen LogP contribution in [-0.4, -0.2) is 22.2 Å².